The van der Waals surface area contributed by atoms with Crippen LogP contribution in [-0.4, -0.2) is 30.4 Å². The summed E-state index contributed by atoms with van der Waals surface area (Å²) in [5.41, 5.74) is 3.14. The number of ether oxygens (including phenoxy) is 1. The van der Waals surface area contributed by atoms with Crippen molar-refractivity contribution in [2.45, 2.75) is 39.7 Å². The Morgan fingerprint density at radius 1 is 1.36 bits per heavy atom. The minimum absolute atomic E-state index is 0.000122. The van der Waals surface area contributed by atoms with Crippen LogP contribution in [0.25, 0.3) is 0 Å². The molecule has 134 valence electrons. The highest BCUT2D eigenvalue weighted by atomic mass is 16.5. The van der Waals surface area contributed by atoms with Gasteiger partial charge in [0.2, 0.25) is 0 Å². The molecule has 3 rings (SSSR count). The molecular formula is C19H25N3O3. The molecule has 6 nitrogen and oxygen atoms in total. The monoisotopic (exact) mass is 343 g/mol. The Labute approximate surface area is 147 Å². The molecule has 0 bridgehead atoms. The molecule has 1 aromatic heterocycles. The minimum atomic E-state index is -0.155. The summed E-state index contributed by atoms with van der Waals surface area (Å²) >= 11 is 0. The molecule has 0 saturated heterocycles. The number of para-hydroxylation sites is 1. The summed E-state index contributed by atoms with van der Waals surface area (Å²) in [5, 5.41) is 9.87. The van der Waals surface area contributed by atoms with Crippen LogP contribution in [0.3, 0.4) is 0 Å². The fourth-order valence-corrected chi connectivity index (χ4v) is 3.18. The lowest BCUT2D eigenvalue weighted by Gasteiger charge is -2.25. The Kier molecular flexibility index (Phi) is 5.26. The van der Waals surface area contributed by atoms with Crippen LogP contribution in [0.4, 0.5) is 4.79 Å². The predicted octanol–water partition coefficient (Wildman–Crippen LogP) is 2.77. The highest BCUT2D eigenvalue weighted by molar-refractivity contribution is 5.74. The van der Waals surface area contributed by atoms with Gasteiger partial charge >= 0.3 is 6.03 Å². The van der Waals surface area contributed by atoms with Gasteiger partial charge in [-0.1, -0.05) is 23.4 Å². The number of hydrogen-bond acceptors (Lipinski definition) is 4. The molecule has 0 aliphatic carbocycles. The van der Waals surface area contributed by atoms with Crippen molar-refractivity contribution in [3.63, 3.8) is 0 Å². The van der Waals surface area contributed by atoms with E-state index in [2.05, 4.69) is 21.9 Å². The molecule has 0 radical (unpaired) electrons. The van der Waals surface area contributed by atoms with Crippen LogP contribution in [0, 0.1) is 19.8 Å². The minimum Gasteiger partial charge on any atom is -0.493 e. The molecule has 0 saturated carbocycles. The van der Waals surface area contributed by atoms with Crippen molar-refractivity contribution in [3.05, 3.63) is 46.8 Å². The standard InChI is InChI=1S/C19H25N3O3/c1-12(8-17-13(2)22-25-14(17)3)21-19(23)20-10-15-9-16-6-4-5-7-18(16)24-11-15/h4-7,12,15H,8-11H2,1-3H3,(H2,20,21,23). The van der Waals surface area contributed by atoms with Crippen molar-refractivity contribution in [1.82, 2.24) is 15.8 Å². The number of urea groups is 1. The molecule has 0 spiro atoms. The second-order valence-corrected chi connectivity index (χ2v) is 6.75. The van der Waals surface area contributed by atoms with Crippen molar-refractivity contribution in [2.75, 3.05) is 13.2 Å². The van der Waals surface area contributed by atoms with E-state index in [1.54, 1.807) is 0 Å². The number of aromatic nitrogens is 1. The highest BCUT2D eigenvalue weighted by Gasteiger charge is 2.20. The summed E-state index contributed by atoms with van der Waals surface area (Å²) in [7, 11) is 0. The molecule has 1 aromatic carbocycles. The van der Waals surface area contributed by atoms with Gasteiger partial charge in [0.25, 0.3) is 0 Å². The fraction of sp³-hybridized carbons (Fsp3) is 0.474. The van der Waals surface area contributed by atoms with E-state index in [0.717, 1.165) is 29.2 Å². The van der Waals surface area contributed by atoms with Gasteiger partial charge in [0.15, 0.2) is 0 Å². The maximum Gasteiger partial charge on any atom is 0.315 e. The first-order valence-electron chi connectivity index (χ1n) is 8.69. The molecule has 2 amide bonds. The average Bonchev–Trinajstić information content (AvgIpc) is 2.91. The molecule has 1 aliphatic rings. The van der Waals surface area contributed by atoms with Crippen molar-refractivity contribution >= 4 is 6.03 Å². The van der Waals surface area contributed by atoms with E-state index < -0.39 is 0 Å². The highest BCUT2D eigenvalue weighted by Crippen LogP contribution is 2.26. The number of carbonyl (C=O) groups excluding carboxylic acids is 1. The maximum atomic E-state index is 12.1. The fourth-order valence-electron chi connectivity index (χ4n) is 3.18. The third kappa shape index (κ3) is 4.32. The second-order valence-electron chi connectivity index (χ2n) is 6.75. The summed E-state index contributed by atoms with van der Waals surface area (Å²) < 4.78 is 10.9. The molecule has 25 heavy (non-hydrogen) atoms. The number of fused-ring (bicyclic) bond motifs is 1. The molecule has 0 fully saturated rings. The lowest BCUT2D eigenvalue weighted by molar-refractivity contribution is 0.210. The Morgan fingerprint density at radius 2 is 2.16 bits per heavy atom. The molecule has 2 N–H and O–H groups in total. The number of rotatable bonds is 5. The smallest absolute Gasteiger partial charge is 0.315 e. The summed E-state index contributed by atoms with van der Waals surface area (Å²) in [4.78, 5) is 12.1. The van der Waals surface area contributed by atoms with Crippen LogP contribution in [0.2, 0.25) is 0 Å². The zero-order valence-corrected chi connectivity index (χ0v) is 15.0. The Bertz CT molecular complexity index is 722. The van der Waals surface area contributed by atoms with Gasteiger partial charge in [0, 0.05) is 24.1 Å². The third-order valence-corrected chi connectivity index (χ3v) is 4.58. The van der Waals surface area contributed by atoms with E-state index in [4.69, 9.17) is 9.26 Å². The number of amides is 2. The maximum absolute atomic E-state index is 12.1. The van der Waals surface area contributed by atoms with Crippen molar-refractivity contribution in [1.29, 1.82) is 0 Å². The zero-order valence-electron chi connectivity index (χ0n) is 15.0. The van der Waals surface area contributed by atoms with Gasteiger partial charge in [-0.3, -0.25) is 0 Å². The molecule has 2 aromatic rings. The SMILES string of the molecule is Cc1noc(C)c1CC(C)NC(=O)NCC1COc2ccccc2C1. The van der Waals surface area contributed by atoms with Crippen LogP contribution in [0.15, 0.2) is 28.8 Å². The first-order valence-corrected chi connectivity index (χ1v) is 8.69. The predicted molar refractivity (Wildman–Crippen MR) is 94.8 cm³/mol. The van der Waals surface area contributed by atoms with Gasteiger partial charge < -0.3 is 19.9 Å². The summed E-state index contributed by atoms with van der Waals surface area (Å²) in [5.74, 6) is 2.05. The number of carbonyl (C=O) groups is 1. The largest absolute Gasteiger partial charge is 0.493 e. The van der Waals surface area contributed by atoms with E-state index in [9.17, 15) is 4.79 Å². The lowest BCUT2D eigenvalue weighted by atomic mass is 9.97. The topological polar surface area (TPSA) is 76.4 Å². The van der Waals surface area contributed by atoms with Gasteiger partial charge in [0.1, 0.15) is 11.5 Å². The van der Waals surface area contributed by atoms with Crippen molar-refractivity contribution in [2.24, 2.45) is 5.92 Å². The summed E-state index contributed by atoms with van der Waals surface area (Å²) in [6.45, 7) is 7.01. The van der Waals surface area contributed by atoms with Crippen molar-refractivity contribution in [3.8, 4) is 5.75 Å². The normalized spacial score (nSPS) is 17.3. The number of hydrogen-bond donors (Lipinski definition) is 2. The van der Waals surface area contributed by atoms with Crippen LogP contribution in [0.5, 0.6) is 5.75 Å². The number of aryl methyl sites for hydroxylation is 2. The van der Waals surface area contributed by atoms with Crippen molar-refractivity contribution < 1.29 is 14.1 Å². The lowest BCUT2D eigenvalue weighted by Crippen LogP contribution is -2.44. The van der Waals surface area contributed by atoms with Gasteiger partial charge in [-0.15, -0.1) is 0 Å². The van der Waals surface area contributed by atoms with Crippen LogP contribution in [-0.2, 0) is 12.8 Å². The van der Waals surface area contributed by atoms with E-state index in [0.29, 0.717) is 25.5 Å². The molecule has 2 heterocycles. The molecule has 2 atom stereocenters. The van der Waals surface area contributed by atoms with E-state index in [-0.39, 0.29) is 12.1 Å². The first-order chi connectivity index (χ1) is 12.0. The second kappa shape index (κ2) is 7.59. The molecule has 2 unspecified atom stereocenters. The quantitative estimate of drug-likeness (QED) is 0.875. The zero-order chi connectivity index (χ0) is 17.8. The van der Waals surface area contributed by atoms with Crippen LogP contribution in [0.1, 0.15) is 29.5 Å². The molecular weight excluding hydrogens is 318 g/mol. The number of nitrogens with zero attached hydrogens (tertiary/aromatic N) is 1. The van der Waals surface area contributed by atoms with Crippen LogP contribution >= 0.6 is 0 Å². The Morgan fingerprint density at radius 3 is 2.92 bits per heavy atom. The molecule has 1 aliphatic heterocycles. The van der Waals surface area contributed by atoms with Gasteiger partial charge in [0.05, 0.1) is 12.3 Å². The number of benzene rings is 1. The van der Waals surface area contributed by atoms with Gasteiger partial charge in [-0.05, 0) is 45.2 Å². The number of nitrogens with one attached hydrogen (secondary N) is 2. The van der Waals surface area contributed by atoms with Crippen LogP contribution < -0.4 is 15.4 Å². The van der Waals surface area contributed by atoms with E-state index in [1.165, 1.54) is 5.56 Å². The van der Waals surface area contributed by atoms with Gasteiger partial charge in [-0.2, -0.15) is 0 Å². The van der Waals surface area contributed by atoms with E-state index in [1.807, 2.05) is 39.0 Å². The summed E-state index contributed by atoms with van der Waals surface area (Å²) in [6.07, 6.45) is 1.62. The molecule has 6 heteroatoms. The van der Waals surface area contributed by atoms with E-state index >= 15 is 0 Å². The van der Waals surface area contributed by atoms with Gasteiger partial charge in [-0.25, -0.2) is 4.79 Å². The first kappa shape index (κ1) is 17.3. The average molecular weight is 343 g/mol. The Balaban J connectivity index is 1.44. The Hall–Kier alpha value is -2.50. The summed E-state index contributed by atoms with van der Waals surface area (Å²) in [6, 6.07) is 7.90. The third-order valence-electron chi connectivity index (χ3n) is 4.58.